The lowest BCUT2D eigenvalue weighted by Gasteiger charge is -2.24. The van der Waals surface area contributed by atoms with Gasteiger partial charge in [-0.15, -0.1) is 0 Å². The number of H-pyrrole nitrogens is 1. The molecule has 5 rings (SSSR count). The number of aromatic nitrogens is 6. The highest BCUT2D eigenvalue weighted by Crippen LogP contribution is 2.34. The average Bonchev–Trinajstić information content (AvgIpc) is 3.51. The predicted molar refractivity (Wildman–Crippen MR) is 130 cm³/mol. The summed E-state index contributed by atoms with van der Waals surface area (Å²) in [5, 5.41) is 28.7. The highest BCUT2D eigenvalue weighted by molar-refractivity contribution is 5.95. The van der Waals surface area contributed by atoms with E-state index >= 15 is 0 Å². The molecule has 4 heterocycles. The molecule has 0 aliphatic carbocycles. The van der Waals surface area contributed by atoms with Crippen molar-refractivity contribution in [1.29, 1.82) is 0 Å². The van der Waals surface area contributed by atoms with E-state index in [0.29, 0.717) is 23.9 Å². The standard InChI is InChI=1S/C25H25N7O2/c1-25(34,18-6-4-3-5-7-18)22-11-21(30-24(26-2)31-22)20-14-28-23-19(20)10-16(12-27-23)17-13-29-32(15-17)8-9-33/h3-7,10-15,33-34H,8-9H2,1-2H3,(H,27,28)(H,26,30,31)/t25-/m1/s1. The van der Waals surface area contributed by atoms with Gasteiger partial charge in [-0.1, -0.05) is 30.3 Å². The second kappa shape index (κ2) is 8.69. The lowest BCUT2D eigenvalue weighted by atomic mass is 9.91. The van der Waals surface area contributed by atoms with Gasteiger partial charge in [0, 0.05) is 47.7 Å². The molecular weight excluding hydrogens is 430 g/mol. The van der Waals surface area contributed by atoms with Crippen LogP contribution in [0.2, 0.25) is 0 Å². The largest absolute Gasteiger partial charge is 0.394 e. The van der Waals surface area contributed by atoms with Crippen LogP contribution in [0.25, 0.3) is 33.4 Å². The van der Waals surface area contributed by atoms with Gasteiger partial charge in [0.15, 0.2) is 0 Å². The summed E-state index contributed by atoms with van der Waals surface area (Å²) in [5.74, 6) is 0.410. The molecule has 1 aromatic carbocycles. The van der Waals surface area contributed by atoms with Crippen molar-refractivity contribution in [3.8, 4) is 22.4 Å². The van der Waals surface area contributed by atoms with Crippen LogP contribution in [0.5, 0.6) is 0 Å². The van der Waals surface area contributed by atoms with E-state index in [1.54, 1.807) is 31.0 Å². The molecule has 34 heavy (non-hydrogen) atoms. The van der Waals surface area contributed by atoms with E-state index in [-0.39, 0.29) is 6.61 Å². The number of aliphatic hydroxyl groups is 2. The van der Waals surface area contributed by atoms with Crippen molar-refractivity contribution in [3.63, 3.8) is 0 Å². The molecule has 4 aromatic heterocycles. The number of pyridine rings is 1. The van der Waals surface area contributed by atoms with Crippen LogP contribution >= 0.6 is 0 Å². The van der Waals surface area contributed by atoms with E-state index < -0.39 is 5.60 Å². The fraction of sp³-hybridized carbons (Fsp3) is 0.200. The van der Waals surface area contributed by atoms with Gasteiger partial charge in [-0.2, -0.15) is 5.10 Å². The molecular formula is C25H25N7O2. The summed E-state index contributed by atoms with van der Waals surface area (Å²) in [6.07, 6.45) is 7.28. The zero-order valence-corrected chi connectivity index (χ0v) is 18.9. The molecule has 0 spiro atoms. The van der Waals surface area contributed by atoms with Crippen LogP contribution in [0.4, 0.5) is 5.95 Å². The molecule has 4 N–H and O–H groups in total. The van der Waals surface area contributed by atoms with Crippen LogP contribution in [0.1, 0.15) is 18.2 Å². The first kappa shape index (κ1) is 21.7. The van der Waals surface area contributed by atoms with Crippen molar-refractivity contribution in [1.82, 2.24) is 29.7 Å². The first-order valence-electron chi connectivity index (χ1n) is 11.0. The number of hydrogen-bond acceptors (Lipinski definition) is 7. The second-order valence-electron chi connectivity index (χ2n) is 8.19. The number of benzene rings is 1. The summed E-state index contributed by atoms with van der Waals surface area (Å²) in [7, 11) is 1.75. The molecule has 172 valence electrons. The molecule has 0 fully saturated rings. The monoisotopic (exact) mass is 455 g/mol. The molecule has 9 nitrogen and oxygen atoms in total. The summed E-state index contributed by atoms with van der Waals surface area (Å²) in [6, 6.07) is 13.3. The molecule has 0 radical (unpaired) electrons. The Morgan fingerprint density at radius 1 is 1.09 bits per heavy atom. The molecule has 0 saturated heterocycles. The van der Waals surface area contributed by atoms with Crippen LogP contribution < -0.4 is 5.32 Å². The quantitative estimate of drug-likeness (QED) is 0.297. The van der Waals surface area contributed by atoms with Gasteiger partial charge in [0.05, 0.1) is 30.7 Å². The summed E-state index contributed by atoms with van der Waals surface area (Å²) < 4.78 is 1.69. The Kier molecular flexibility index (Phi) is 5.56. The number of aromatic amines is 1. The predicted octanol–water partition coefficient (Wildman–Crippen LogP) is 3.17. The van der Waals surface area contributed by atoms with E-state index in [2.05, 4.69) is 30.4 Å². The lowest BCUT2D eigenvalue weighted by molar-refractivity contribution is 0.0974. The number of rotatable bonds is 7. The zero-order chi connectivity index (χ0) is 23.7. The molecule has 0 amide bonds. The molecule has 5 aromatic rings. The van der Waals surface area contributed by atoms with Crippen LogP contribution in [-0.4, -0.2) is 53.6 Å². The Hall–Kier alpha value is -4.08. The lowest BCUT2D eigenvalue weighted by Crippen LogP contribution is -2.25. The van der Waals surface area contributed by atoms with Gasteiger partial charge in [-0.05, 0) is 24.6 Å². The number of aliphatic hydroxyl groups excluding tert-OH is 1. The molecule has 0 unspecified atom stereocenters. The van der Waals surface area contributed by atoms with Gasteiger partial charge < -0.3 is 20.5 Å². The van der Waals surface area contributed by atoms with Gasteiger partial charge in [0.25, 0.3) is 0 Å². The third kappa shape index (κ3) is 3.91. The first-order chi connectivity index (χ1) is 16.5. The van der Waals surface area contributed by atoms with E-state index in [0.717, 1.165) is 33.3 Å². The Labute approximate surface area is 196 Å². The number of fused-ring (bicyclic) bond motifs is 1. The topological polar surface area (TPSA) is 125 Å². The third-order valence-electron chi connectivity index (χ3n) is 5.89. The molecule has 9 heteroatoms. The summed E-state index contributed by atoms with van der Waals surface area (Å²) in [4.78, 5) is 17.0. The second-order valence-corrected chi connectivity index (χ2v) is 8.19. The van der Waals surface area contributed by atoms with Crippen LogP contribution in [0, 0.1) is 0 Å². The number of nitrogens with one attached hydrogen (secondary N) is 2. The average molecular weight is 456 g/mol. The van der Waals surface area contributed by atoms with Gasteiger partial charge in [0.2, 0.25) is 5.95 Å². The van der Waals surface area contributed by atoms with E-state index in [1.165, 1.54) is 0 Å². The van der Waals surface area contributed by atoms with E-state index in [9.17, 15) is 5.11 Å². The maximum absolute atomic E-state index is 11.4. The van der Waals surface area contributed by atoms with Gasteiger partial charge >= 0.3 is 0 Å². The van der Waals surface area contributed by atoms with Gasteiger partial charge in [-0.25, -0.2) is 15.0 Å². The number of anilines is 1. The Bertz CT molecular complexity index is 1440. The van der Waals surface area contributed by atoms with Crippen molar-refractivity contribution in [2.24, 2.45) is 0 Å². The Morgan fingerprint density at radius 2 is 1.91 bits per heavy atom. The van der Waals surface area contributed by atoms with Crippen LogP contribution in [0.15, 0.2) is 67.3 Å². The zero-order valence-electron chi connectivity index (χ0n) is 18.9. The summed E-state index contributed by atoms with van der Waals surface area (Å²) >= 11 is 0. The van der Waals surface area contributed by atoms with E-state index in [1.807, 2.05) is 54.9 Å². The minimum absolute atomic E-state index is 0.0248. The van der Waals surface area contributed by atoms with Crippen molar-refractivity contribution >= 4 is 17.0 Å². The Balaban J connectivity index is 1.61. The minimum atomic E-state index is -1.30. The molecule has 0 bridgehead atoms. The smallest absolute Gasteiger partial charge is 0.223 e. The maximum atomic E-state index is 11.4. The summed E-state index contributed by atoms with van der Waals surface area (Å²) in [5.41, 5.74) is 3.95. The van der Waals surface area contributed by atoms with Crippen molar-refractivity contribution in [2.45, 2.75) is 19.1 Å². The van der Waals surface area contributed by atoms with Crippen molar-refractivity contribution in [2.75, 3.05) is 19.0 Å². The fourth-order valence-corrected chi connectivity index (χ4v) is 3.97. The van der Waals surface area contributed by atoms with Crippen LogP contribution in [0.3, 0.4) is 0 Å². The van der Waals surface area contributed by atoms with Crippen molar-refractivity contribution in [3.05, 3.63) is 78.5 Å². The van der Waals surface area contributed by atoms with Gasteiger partial charge in [-0.3, -0.25) is 4.68 Å². The van der Waals surface area contributed by atoms with Crippen LogP contribution in [-0.2, 0) is 12.1 Å². The SMILES string of the molecule is CNc1nc(-c2c[nH]c3ncc(-c4cnn(CCO)c4)cc23)cc([C@](C)(O)c2ccccc2)n1. The Morgan fingerprint density at radius 3 is 2.68 bits per heavy atom. The van der Waals surface area contributed by atoms with Crippen molar-refractivity contribution < 1.29 is 10.2 Å². The minimum Gasteiger partial charge on any atom is -0.394 e. The fourth-order valence-electron chi connectivity index (χ4n) is 3.97. The molecule has 0 saturated carbocycles. The summed E-state index contributed by atoms with van der Waals surface area (Å²) in [6.45, 7) is 2.19. The number of nitrogens with zero attached hydrogens (tertiary/aromatic N) is 5. The highest BCUT2D eigenvalue weighted by Gasteiger charge is 2.29. The maximum Gasteiger partial charge on any atom is 0.223 e. The molecule has 1 atom stereocenters. The first-order valence-corrected chi connectivity index (χ1v) is 11.0. The third-order valence-corrected chi connectivity index (χ3v) is 5.89. The number of hydrogen-bond donors (Lipinski definition) is 4. The highest BCUT2D eigenvalue weighted by atomic mass is 16.3. The van der Waals surface area contributed by atoms with Gasteiger partial charge in [0.1, 0.15) is 11.2 Å². The normalized spacial score (nSPS) is 13.2. The molecule has 0 aliphatic heterocycles. The van der Waals surface area contributed by atoms with E-state index in [4.69, 9.17) is 5.11 Å². The molecule has 0 aliphatic rings.